The zero-order chi connectivity index (χ0) is 13.8. The summed E-state index contributed by atoms with van der Waals surface area (Å²) in [6.07, 6.45) is 1.89. The SMILES string of the molecule is C[C@H](NC(=O)c1cccs1)C(=O)N(CC#N)C1CC1. The van der Waals surface area contributed by atoms with E-state index >= 15 is 0 Å². The number of carbonyl (C=O) groups excluding carboxylic acids is 2. The minimum absolute atomic E-state index is 0.0860. The first-order chi connectivity index (χ1) is 9.13. The van der Waals surface area contributed by atoms with Gasteiger partial charge in [-0.1, -0.05) is 6.07 Å². The lowest BCUT2D eigenvalue weighted by Gasteiger charge is -2.23. The smallest absolute Gasteiger partial charge is 0.261 e. The van der Waals surface area contributed by atoms with Gasteiger partial charge in [-0.2, -0.15) is 5.26 Å². The second-order valence-electron chi connectivity index (χ2n) is 4.53. The van der Waals surface area contributed by atoms with Gasteiger partial charge in [0, 0.05) is 6.04 Å². The molecule has 0 aromatic carbocycles. The van der Waals surface area contributed by atoms with E-state index in [1.165, 1.54) is 11.3 Å². The molecule has 0 bridgehead atoms. The van der Waals surface area contributed by atoms with Gasteiger partial charge >= 0.3 is 0 Å². The van der Waals surface area contributed by atoms with Crippen molar-refractivity contribution < 1.29 is 9.59 Å². The van der Waals surface area contributed by atoms with Gasteiger partial charge in [0.1, 0.15) is 12.6 Å². The summed E-state index contributed by atoms with van der Waals surface area (Å²) in [5, 5.41) is 13.2. The van der Waals surface area contributed by atoms with Crippen molar-refractivity contribution in [1.82, 2.24) is 10.2 Å². The van der Waals surface area contributed by atoms with E-state index in [-0.39, 0.29) is 24.4 Å². The Morgan fingerprint density at radius 2 is 2.37 bits per heavy atom. The lowest BCUT2D eigenvalue weighted by atomic mass is 10.2. The summed E-state index contributed by atoms with van der Waals surface area (Å²) in [5.41, 5.74) is 0. The zero-order valence-corrected chi connectivity index (χ0v) is 11.4. The van der Waals surface area contributed by atoms with Crippen molar-refractivity contribution in [2.45, 2.75) is 31.8 Å². The first-order valence-electron chi connectivity index (χ1n) is 6.15. The third kappa shape index (κ3) is 3.32. The molecular formula is C13H15N3O2S. The number of nitriles is 1. The number of nitrogens with one attached hydrogen (secondary N) is 1. The van der Waals surface area contributed by atoms with Crippen molar-refractivity contribution in [2.24, 2.45) is 0 Å². The van der Waals surface area contributed by atoms with Gasteiger partial charge in [-0.15, -0.1) is 11.3 Å². The van der Waals surface area contributed by atoms with Gasteiger partial charge in [0.15, 0.2) is 0 Å². The van der Waals surface area contributed by atoms with Crippen molar-refractivity contribution in [3.8, 4) is 6.07 Å². The van der Waals surface area contributed by atoms with Crippen LogP contribution in [0.25, 0.3) is 0 Å². The molecule has 1 saturated carbocycles. The van der Waals surface area contributed by atoms with Crippen molar-refractivity contribution in [1.29, 1.82) is 5.26 Å². The molecule has 1 heterocycles. The van der Waals surface area contributed by atoms with E-state index in [0.29, 0.717) is 4.88 Å². The number of hydrogen-bond acceptors (Lipinski definition) is 4. The molecule has 5 nitrogen and oxygen atoms in total. The Labute approximate surface area is 115 Å². The van der Waals surface area contributed by atoms with Crippen LogP contribution in [0.15, 0.2) is 17.5 Å². The third-order valence-corrected chi connectivity index (χ3v) is 3.84. The largest absolute Gasteiger partial charge is 0.340 e. The highest BCUT2D eigenvalue weighted by Gasteiger charge is 2.34. The van der Waals surface area contributed by atoms with Crippen LogP contribution in [-0.4, -0.2) is 35.3 Å². The standard InChI is InChI=1S/C13H15N3O2S/c1-9(15-12(17)11-3-2-8-19-11)13(18)16(7-6-14)10-4-5-10/h2-3,8-10H,4-5,7H2,1H3,(H,15,17)/t9-/m0/s1. The van der Waals surface area contributed by atoms with Crippen LogP contribution in [0.1, 0.15) is 29.4 Å². The summed E-state index contributed by atoms with van der Waals surface area (Å²) in [5.74, 6) is -0.433. The van der Waals surface area contributed by atoms with E-state index in [2.05, 4.69) is 5.32 Å². The van der Waals surface area contributed by atoms with Crippen LogP contribution in [0, 0.1) is 11.3 Å². The number of nitrogens with zero attached hydrogens (tertiary/aromatic N) is 2. The summed E-state index contributed by atoms with van der Waals surface area (Å²) < 4.78 is 0. The highest BCUT2D eigenvalue weighted by atomic mass is 32.1. The number of amides is 2. The van der Waals surface area contributed by atoms with Crippen LogP contribution >= 0.6 is 11.3 Å². The molecule has 1 atom stereocenters. The summed E-state index contributed by atoms with van der Waals surface area (Å²) in [6.45, 7) is 1.74. The van der Waals surface area contributed by atoms with Crippen LogP contribution in [-0.2, 0) is 4.79 Å². The Morgan fingerprint density at radius 1 is 1.63 bits per heavy atom. The summed E-state index contributed by atoms with van der Waals surface area (Å²) in [4.78, 5) is 26.2. The number of hydrogen-bond donors (Lipinski definition) is 1. The van der Waals surface area contributed by atoms with Gasteiger partial charge in [0.2, 0.25) is 5.91 Å². The molecule has 1 fully saturated rings. The summed E-state index contributed by atoms with van der Waals surface area (Å²) in [6, 6.07) is 5.07. The average molecular weight is 277 g/mol. The third-order valence-electron chi connectivity index (χ3n) is 2.97. The molecule has 2 rings (SSSR count). The first-order valence-corrected chi connectivity index (χ1v) is 7.03. The lowest BCUT2D eigenvalue weighted by Crippen LogP contribution is -2.47. The predicted molar refractivity (Wildman–Crippen MR) is 71.6 cm³/mol. The maximum atomic E-state index is 12.2. The van der Waals surface area contributed by atoms with Crippen molar-refractivity contribution in [2.75, 3.05) is 6.54 Å². The van der Waals surface area contributed by atoms with Crippen LogP contribution in [0.5, 0.6) is 0 Å². The molecule has 0 aliphatic heterocycles. The van der Waals surface area contributed by atoms with E-state index in [9.17, 15) is 9.59 Å². The van der Waals surface area contributed by atoms with Crippen LogP contribution in [0.4, 0.5) is 0 Å². The average Bonchev–Trinajstić information content (AvgIpc) is 3.08. The van der Waals surface area contributed by atoms with Gasteiger partial charge in [-0.05, 0) is 31.2 Å². The van der Waals surface area contributed by atoms with Gasteiger partial charge in [0.25, 0.3) is 5.91 Å². The quantitative estimate of drug-likeness (QED) is 0.826. The molecule has 0 unspecified atom stereocenters. The first kappa shape index (κ1) is 13.6. The molecule has 100 valence electrons. The Balaban J connectivity index is 1.95. The van der Waals surface area contributed by atoms with Crippen molar-refractivity contribution in [3.05, 3.63) is 22.4 Å². The minimum atomic E-state index is -0.608. The normalized spacial score (nSPS) is 15.4. The van der Waals surface area contributed by atoms with Crippen molar-refractivity contribution in [3.63, 3.8) is 0 Å². The molecule has 0 saturated heterocycles. The molecule has 1 aromatic heterocycles. The Kier molecular flexibility index (Phi) is 4.17. The Hall–Kier alpha value is -1.87. The van der Waals surface area contributed by atoms with E-state index < -0.39 is 6.04 Å². The van der Waals surface area contributed by atoms with Crippen LogP contribution in [0.2, 0.25) is 0 Å². The summed E-state index contributed by atoms with van der Waals surface area (Å²) in [7, 11) is 0. The molecule has 1 N–H and O–H groups in total. The van der Waals surface area contributed by atoms with Gasteiger partial charge in [0.05, 0.1) is 10.9 Å². The molecule has 6 heteroatoms. The number of rotatable bonds is 5. The summed E-state index contributed by atoms with van der Waals surface area (Å²) >= 11 is 1.33. The Morgan fingerprint density at radius 3 is 2.89 bits per heavy atom. The lowest BCUT2D eigenvalue weighted by molar-refractivity contribution is -0.132. The van der Waals surface area contributed by atoms with E-state index in [1.54, 1.807) is 24.0 Å². The monoisotopic (exact) mass is 277 g/mol. The number of carbonyl (C=O) groups is 2. The zero-order valence-electron chi connectivity index (χ0n) is 10.6. The fourth-order valence-corrected chi connectivity index (χ4v) is 2.46. The topological polar surface area (TPSA) is 73.2 Å². The molecule has 1 aromatic rings. The highest BCUT2D eigenvalue weighted by molar-refractivity contribution is 7.12. The second kappa shape index (κ2) is 5.85. The van der Waals surface area contributed by atoms with E-state index in [1.807, 2.05) is 11.4 Å². The fraction of sp³-hybridized carbons (Fsp3) is 0.462. The molecule has 0 radical (unpaired) electrons. The second-order valence-corrected chi connectivity index (χ2v) is 5.48. The Bertz CT molecular complexity index is 502. The maximum Gasteiger partial charge on any atom is 0.261 e. The predicted octanol–water partition coefficient (Wildman–Crippen LogP) is 1.38. The fourth-order valence-electron chi connectivity index (χ4n) is 1.84. The molecule has 1 aliphatic carbocycles. The maximum absolute atomic E-state index is 12.2. The molecule has 0 spiro atoms. The molecular weight excluding hydrogens is 262 g/mol. The van der Waals surface area contributed by atoms with Crippen LogP contribution in [0.3, 0.4) is 0 Å². The van der Waals surface area contributed by atoms with Crippen LogP contribution < -0.4 is 5.32 Å². The minimum Gasteiger partial charge on any atom is -0.340 e. The highest BCUT2D eigenvalue weighted by Crippen LogP contribution is 2.27. The van der Waals surface area contributed by atoms with E-state index in [4.69, 9.17) is 5.26 Å². The molecule has 1 aliphatic rings. The van der Waals surface area contributed by atoms with Gasteiger partial charge < -0.3 is 10.2 Å². The van der Waals surface area contributed by atoms with Crippen molar-refractivity contribution >= 4 is 23.2 Å². The van der Waals surface area contributed by atoms with Gasteiger partial charge in [-0.25, -0.2) is 0 Å². The van der Waals surface area contributed by atoms with E-state index in [0.717, 1.165) is 12.8 Å². The molecule has 19 heavy (non-hydrogen) atoms. The van der Waals surface area contributed by atoms with Gasteiger partial charge in [-0.3, -0.25) is 9.59 Å². The molecule has 2 amide bonds. The number of thiophene rings is 1.